The van der Waals surface area contributed by atoms with E-state index >= 15 is 0 Å². The molecule has 20 heavy (non-hydrogen) atoms. The molecule has 0 aromatic heterocycles. The number of carbonyl (C=O) groups is 2. The maximum absolute atomic E-state index is 13.6. The number of esters is 1. The number of Topliss-reactive ketones (excluding diaryl/α,β-unsaturated/α-hetero) is 1. The number of hydrogen-bond donors (Lipinski definition) is 0. The van der Waals surface area contributed by atoms with Crippen LogP contribution in [0.5, 0.6) is 0 Å². The first-order chi connectivity index (χ1) is 9.52. The van der Waals surface area contributed by atoms with Crippen molar-refractivity contribution in [2.24, 2.45) is 17.8 Å². The number of halogens is 1. The standard InChI is InChI=1S/C16H25FO3/c1-3-4-5-11(17)6-7-13(18)15-12-8-10(2)9-14(12)20-16(15)19/h10-12,14-15H,3-9H2,1-2H3/t10-,11-,12+,14+,15-/m1/s1. The van der Waals surface area contributed by atoms with Gasteiger partial charge in [-0.05, 0) is 31.6 Å². The summed E-state index contributed by atoms with van der Waals surface area (Å²) in [4.78, 5) is 24.0. The van der Waals surface area contributed by atoms with E-state index in [2.05, 4.69) is 6.92 Å². The second kappa shape index (κ2) is 6.68. The molecule has 1 aliphatic carbocycles. The highest BCUT2D eigenvalue weighted by molar-refractivity contribution is 6.00. The third-order valence-corrected chi connectivity index (χ3v) is 4.66. The lowest BCUT2D eigenvalue weighted by Crippen LogP contribution is -2.26. The molecule has 0 amide bonds. The summed E-state index contributed by atoms with van der Waals surface area (Å²) in [5.41, 5.74) is 0. The number of hydrogen-bond acceptors (Lipinski definition) is 3. The van der Waals surface area contributed by atoms with Gasteiger partial charge in [-0.15, -0.1) is 0 Å². The summed E-state index contributed by atoms with van der Waals surface area (Å²) in [5, 5.41) is 0. The molecule has 1 heterocycles. The van der Waals surface area contributed by atoms with Crippen LogP contribution in [0, 0.1) is 17.8 Å². The van der Waals surface area contributed by atoms with Crippen LogP contribution in [-0.4, -0.2) is 24.0 Å². The van der Waals surface area contributed by atoms with Crippen molar-refractivity contribution in [1.29, 1.82) is 0 Å². The normalized spacial score (nSPS) is 33.9. The van der Waals surface area contributed by atoms with E-state index in [0.29, 0.717) is 12.3 Å². The molecule has 0 bridgehead atoms. The highest BCUT2D eigenvalue weighted by atomic mass is 19.1. The van der Waals surface area contributed by atoms with E-state index in [1.54, 1.807) is 0 Å². The monoisotopic (exact) mass is 284 g/mol. The minimum Gasteiger partial charge on any atom is -0.461 e. The Bertz CT molecular complexity index is 369. The van der Waals surface area contributed by atoms with Crippen molar-refractivity contribution in [3.63, 3.8) is 0 Å². The van der Waals surface area contributed by atoms with Crippen LogP contribution >= 0.6 is 0 Å². The lowest BCUT2D eigenvalue weighted by atomic mass is 9.86. The van der Waals surface area contributed by atoms with E-state index in [1.165, 1.54) is 0 Å². The lowest BCUT2D eigenvalue weighted by molar-refractivity contribution is -0.147. The van der Waals surface area contributed by atoms with Crippen LogP contribution in [0.1, 0.15) is 58.8 Å². The third kappa shape index (κ3) is 3.39. The Hall–Kier alpha value is -0.930. The van der Waals surface area contributed by atoms with Crippen LogP contribution in [0.15, 0.2) is 0 Å². The molecule has 0 N–H and O–H groups in total. The zero-order valence-corrected chi connectivity index (χ0v) is 12.4. The summed E-state index contributed by atoms with van der Waals surface area (Å²) in [6.07, 6.45) is 3.49. The Kier molecular flexibility index (Phi) is 5.17. The molecule has 0 spiro atoms. The van der Waals surface area contributed by atoms with E-state index in [4.69, 9.17) is 4.74 Å². The Morgan fingerprint density at radius 3 is 2.85 bits per heavy atom. The van der Waals surface area contributed by atoms with Crippen molar-refractivity contribution in [3.8, 4) is 0 Å². The zero-order valence-electron chi connectivity index (χ0n) is 12.4. The second-order valence-electron chi connectivity index (χ2n) is 6.44. The topological polar surface area (TPSA) is 43.4 Å². The molecule has 2 rings (SSSR count). The first kappa shape index (κ1) is 15.5. The molecule has 114 valence electrons. The van der Waals surface area contributed by atoms with Gasteiger partial charge in [-0.3, -0.25) is 9.59 Å². The third-order valence-electron chi connectivity index (χ3n) is 4.66. The van der Waals surface area contributed by atoms with Gasteiger partial charge < -0.3 is 4.74 Å². The molecule has 5 atom stereocenters. The van der Waals surface area contributed by atoms with Crippen LogP contribution < -0.4 is 0 Å². The molecule has 1 aliphatic heterocycles. The number of carbonyl (C=O) groups excluding carboxylic acids is 2. The van der Waals surface area contributed by atoms with Gasteiger partial charge in [0.25, 0.3) is 0 Å². The average Bonchev–Trinajstić information content (AvgIpc) is 2.87. The molecule has 1 saturated carbocycles. The predicted octanol–water partition coefficient (Wildman–Crippen LogP) is 3.45. The van der Waals surface area contributed by atoms with Gasteiger partial charge in [-0.2, -0.15) is 0 Å². The summed E-state index contributed by atoms with van der Waals surface area (Å²) < 4.78 is 18.9. The fourth-order valence-electron chi connectivity index (χ4n) is 3.56. The molecule has 3 nitrogen and oxygen atoms in total. The van der Waals surface area contributed by atoms with E-state index in [9.17, 15) is 14.0 Å². The summed E-state index contributed by atoms with van der Waals surface area (Å²) in [7, 11) is 0. The minimum atomic E-state index is -0.922. The largest absolute Gasteiger partial charge is 0.461 e. The van der Waals surface area contributed by atoms with E-state index in [1.807, 2.05) is 6.92 Å². The quantitative estimate of drug-likeness (QED) is 0.531. The molecule has 2 aliphatic rings. The van der Waals surface area contributed by atoms with Crippen molar-refractivity contribution in [3.05, 3.63) is 0 Å². The number of fused-ring (bicyclic) bond motifs is 1. The maximum atomic E-state index is 13.6. The molecule has 0 aromatic carbocycles. The predicted molar refractivity (Wildman–Crippen MR) is 73.9 cm³/mol. The van der Waals surface area contributed by atoms with Crippen molar-refractivity contribution in [1.82, 2.24) is 0 Å². The zero-order chi connectivity index (χ0) is 14.7. The van der Waals surface area contributed by atoms with Gasteiger partial charge in [0.2, 0.25) is 0 Å². The maximum Gasteiger partial charge on any atom is 0.317 e. The van der Waals surface area contributed by atoms with Crippen molar-refractivity contribution < 1.29 is 18.7 Å². The highest BCUT2D eigenvalue weighted by Gasteiger charge is 2.51. The molecule has 0 radical (unpaired) electrons. The van der Waals surface area contributed by atoms with Crippen LogP contribution in [0.25, 0.3) is 0 Å². The molecule has 2 fully saturated rings. The number of alkyl halides is 1. The van der Waals surface area contributed by atoms with Gasteiger partial charge in [0.1, 0.15) is 24.0 Å². The van der Waals surface area contributed by atoms with Gasteiger partial charge in [0.15, 0.2) is 0 Å². The minimum absolute atomic E-state index is 0.0405. The Morgan fingerprint density at radius 2 is 2.15 bits per heavy atom. The van der Waals surface area contributed by atoms with Crippen LogP contribution in [0.2, 0.25) is 0 Å². The van der Waals surface area contributed by atoms with E-state index in [-0.39, 0.29) is 36.6 Å². The number of rotatable bonds is 7. The van der Waals surface area contributed by atoms with Gasteiger partial charge in [0, 0.05) is 12.3 Å². The van der Waals surface area contributed by atoms with Crippen LogP contribution in [0.4, 0.5) is 4.39 Å². The smallest absolute Gasteiger partial charge is 0.317 e. The molecular weight excluding hydrogens is 259 g/mol. The fraction of sp³-hybridized carbons (Fsp3) is 0.875. The lowest BCUT2D eigenvalue weighted by Gasteiger charge is -2.13. The van der Waals surface area contributed by atoms with Crippen LogP contribution in [0.3, 0.4) is 0 Å². The van der Waals surface area contributed by atoms with Gasteiger partial charge in [0.05, 0.1) is 0 Å². The van der Waals surface area contributed by atoms with E-state index < -0.39 is 12.1 Å². The Labute approximate surface area is 120 Å². The first-order valence-electron chi connectivity index (χ1n) is 7.90. The first-order valence-corrected chi connectivity index (χ1v) is 7.90. The number of unbranched alkanes of at least 4 members (excludes halogenated alkanes) is 1. The van der Waals surface area contributed by atoms with Gasteiger partial charge in [-0.1, -0.05) is 26.7 Å². The number of ketones is 1. The Balaban J connectivity index is 1.84. The fourth-order valence-corrected chi connectivity index (χ4v) is 3.56. The summed E-state index contributed by atoms with van der Waals surface area (Å²) >= 11 is 0. The van der Waals surface area contributed by atoms with Gasteiger partial charge in [-0.25, -0.2) is 4.39 Å². The van der Waals surface area contributed by atoms with Crippen molar-refractivity contribution in [2.45, 2.75) is 71.1 Å². The second-order valence-corrected chi connectivity index (χ2v) is 6.44. The molecular formula is C16H25FO3. The molecule has 0 unspecified atom stereocenters. The highest BCUT2D eigenvalue weighted by Crippen LogP contribution is 2.44. The number of ether oxygens (including phenoxy) is 1. The SMILES string of the molecule is CCCC[C@@H](F)CCC(=O)[C@@H]1C(=O)O[C@H]2C[C@H](C)C[C@H]12. The van der Waals surface area contributed by atoms with Crippen LogP contribution in [-0.2, 0) is 14.3 Å². The molecule has 4 heteroatoms. The Morgan fingerprint density at radius 1 is 1.40 bits per heavy atom. The summed E-state index contributed by atoms with van der Waals surface area (Å²) in [6.45, 7) is 4.14. The van der Waals surface area contributed by atoms with Crippen molar-refractivity contribution >= 4 is 11.8 Å². The molecule has 0 aromatic rings. The van der Waals surface area contributed by atoms with Gasteiger partial charge >= 0.3 is 5.97 Å². The summed E-state index contributed by atoms with van der Waals surface area (Å²) in [5.74, 6) is -0.564. The molecule has 1 saturated heterocycles. The average molecular weight is 284 g/mol. The summed E-state index contributed by atoms with van der Waals surface area (Å²) in [6, 6.07) is 0. The van der Waals surface area contributed by atoms with Crippen molar-refractivity contribution in [2.75, 3.05) is 0 Å². The van der Waals surface area contributed by atoms with E-state index in [0.717, 1.165) is 25.7 Å².